The topological polar surface area (TPSA) is 77.1 Å². The molecule has 2 fully saturated rings. The number of nitrogens with zero attached hydrogens (tertiary/aromatic N) is 1. The minimum absolute atomic E-state index is 0.210. The van der Waals surface area contributed by atoms with E-state index in [4.69, 9.17) is 14.2 Å². The molecule has 3 amide bonds. The quantitative estimate of drug-likeness (QED) is 0.710. The fourth-order valence-corrected chi connectivity index (χ4v) is 3.84. The van der Waals surface area contributed by atoms with E-state index in [1.165, 1.54) is 4.90 Å². The van der Waals surface area contributed by atoms with Crippen LogP contribution in [0.25, 0.3) is 0 Å². The molecule has 0 spiro atoms. The van der Waals surface area contributed by atoms with Crippen molar-refractivity contribution in [1.29, 1.82) is 0 Å². The van der Waals surface area contributed by atoms with Gasteiger partial charge in [-0.3, -0.25) is 9.69 Å². The Kier molecular flexibility index (Phi) is 6.30. The monoisotopic (exact) mass is 410 g/mol. The number of carbonyl (C=O) groups excluding carboxylic acids is 2. The lowest BCUT2D eigenvalue weighted by molar-refractivity contribution is -0.128. The highest BCUT2D eigenvalue weighted by molar-refractivity contribution is 6.04. The Balaban J connectivity index is 1.42. The number of methoxy groups -OCH3 is 1. The van der Waals surface area contributed by atoms with E-state index >= 15 is 0 Å². The van der Waals surface area contributed by atoms with Crippen LogP contribution >= 0.6 is 0 Å². The van der Waals surface area contributed by atoms with Crippen molar-refractivity contribution in [2.75, 3.05) is 20.3 Å². The van der Waals surface area contributed by atoms with Crippen LogP contribution in [-0.4, -0.2) is 43.3 Å². The van der Waals surface area contributed by atoms with Crippen LogP contribution in [0.2, 0.25) is 0 Å². The van der Waals surface area contributed by atoms with Crippen molar-refractivity contribution in [3.8, 4) is 5.75 Å². The molecule has 2 aliphatic rings. The van der Waals surface area contributed by atoms with Gasteiger partial charge in [-0.25, -0.2) is 4.79 Å². The molecule has 0 aliphatic carbocycles. The maximum absolute atomic E-state index is 13.0. The molecule has 2 heterocycles. The molecule has 30 heavy (non-hydrogen) atoms. The van der Waals surface area contributed by atoms with Crippen LogP contribution in [0.3, 0.4) is 0 Å². The highest BCUT2D eigenvalue weighted by atomic mass is 16.5. The van der Waals surface area contributed by atoms with E-state index in [1.807, 2.05) is 36.4 Å². The lowest BCUT2D eigenvalue weighted by Gasteiger charge is -2.22. The second-order valence-corrected chi connectivity index (χ2v) is 7.49. The number of ether oxygens (including phenoxy) is 3. The van der Waals surface area contributed by atoms with Crippen LogP contribution in [-0.2, 0) is 27.4 Å². The predicted molar refractivity (Wildman–Crippen MR) is 110 cm³/mol. The summed E-state index contributed by atoms with van der Waals surface area (Å²) < 4.78 is 16.7. The average molecular weight is 410 g/mol. The van der Waals surface area contributed by atoms with Gasteiger partial charge in [0.25, 0.3) is 5.91 Å². The molecule has 4 rings (SSSR count). The van der Waals surface area contributed by atoms with Crippen molar-refractivity contribution >= 4 is 11.9 Å². The van der Waals surface area contributed by atoms with E-state index in [2.05, 4.69) is 5.32 Å². The first-order valence-electron chi connectivity index (χ1n) is 10.2. The molecular formula is C23H26N2O5. The molecule has 158 valence electrons. The highest BCUT2D eigenvalue weighted by Gasteiger charge is 2.40. The molecule has 7 nitrogen and oxygen atoms in total. The molecule has 2 aliphatic heterocycles. The van der Waals surface area contributed by atoms with Gasteiger partial charge >= 0.3 is 6.03 Å². The number of carbonyl (C=O) groups is 2. The number of nitrogens with one attached hydrogen (secondary N) is 1. The van der Waals surface area contributed by atoms with E-state index < -0.39 is 12.1 Å². The standard InChI is InChI=1S/C23H26N2O5/c1-28-20-8-3-2-7-19(20)21-22(26)25(23(27)24-21)14-16-5-4-6-17(13-16)15-30-18-9-11-29-12-10-18/h2-8,13,18,21H,9-12,14-15H2,1H3,(H,24,27)/t21-/m1/s1. The third-order valence-electron chi connectivity index (χ3n) is 5.46. The number of hydrogen-bond acceptors (Lipinski definition) is 5. The van der Waals surface area contributed by atoms with Gasteiger partial charge in [0.15, 0.2) is 0 Å². The van der Waals surface area contributed by atoms with Gasteiger partial charge in [0, 0.05) is 18.8 Å². The Labute approximate surface area is 175 Å². The summed E-state index contributed by atoms with van der Waals surface area (Å²) in [5.41, 5.74) is 2.55. The fraction of sp³-hybridized carbons (Fsp3) is 0.391. The zero-order valence-corrected chi connectivity index (χ0v) is 17.0. The van der Waals surface area contributed by atoms with Gasteiger partial charge in [-0.1, -0.05) is 42.5 Å². The summed E-state index contributed by atoms with van der Waals surface area (Å²) in [6.07, 6.45) is 2.04. The SMILES string of the molecule is COc1ccccc1[C@H]1NC(=O)N(Cc2cccc(COC3CCOCC3)c2)C1=O. The Bertz CT molecular complexity index is 910. The van der Waals surface area contributed by atoms with Crippen molar-refractivity contribution in [2.45, 2.75) is 38.1 Å². The minimum atomic E-state index is -0.742. The minimum Gasteiger partial charge on any atom is -0.496 e. The molecule has 2 aromatic carbocycles. The average Bonchev–Trinajstić information content (AvgIpc) is 3.07. The number of benzene rings is 2. The van der Waals surface area contributed by atoms with E-state index in [1.54, 1.807) is 19.2 Å². The highest BCUT2D eigenvalue weighted by Crippen LogP contribution is 2.30. The molecule has 0 aromatic heterocycles. The number of amides is 3. The van der Waals surface area contributed by atoms with Crippen molar-refractivity contribution < 1.29 is 23.8 Å². The van der Waals surface area contributed by atoms with Gasteiger partial charge in [0.1, 0.15) is 11.8 Å². The summed E-state index contributed by atoms with van der Waals surface area (Å²) in [4.78, 5) is 26.7. The summed E-state index contributed by atoms with van der Waals surface area (Å²) in [6, 6.07) is 13.9. The number of hydrogen-bond donors (Lipinski definition) is 1. The Hall–Kier alpha value is -2.90. The fourth-order valence-electron chi connectivity index (χ4n) is 3.84. The lowest BCUT2D eigenvalue weighted by atomic mass is 10.1. The molecule has 0 unspecified atom stereocenters. The van der Waals surface area contributed by atoms with Crippen LogP contribution in [0.1, 0.15) is 35.6 Å². The van der Waals surface area contributed by atoms with Gasteiger partial charge in [0.2, 0.25) is 0 Å². The number of para-hydroxylation sites is 1. The van der Waals surface area contributed by atoms with Crippen molar-refractivity contribution in [3.05, 3.63) is 65.2 Å². The molecule has 1 atom stereocenters. The van der Waals surface area contributed by atoms with E-state index in [0.717, 1.165) is 37.2 Å². The van der Waals surface area contributed by atoms with Crippen LogP contribution in [0.4, 0.5) is 4.79 Å². The molecular weight excluding hydrogens is 384 g/mol. The molecule has 7 heteroatoms. The summed E-state index contributed by atoms with van der Waals surface area (Å²) >= 11 is 0. The van der Waals surface area contributed by atoms with Gasteiger partial charge in [-0.2, -0.15) is 0 Å². The van der Waals surface area contributed by atoms with Gasteiger partial charge in [-0.05, 0) is 30.0 Å². The Morgan fingerprint density at radius 2 is 1.83 bits per heavy atom. The normalized spacial score (nSPS) is 19.8. The van der Waals surface area contributed by atoms with Crippen LogP contribution in [0, 0.1) is 0 Å². The first-order chi connectivity index (χ1) is 14.7. The van der Waals surface area contributed by atoms with Crippen LogP contribution < -0.4 is 10.1 Å². The van der Waals surface area contributed by atoms with Gasteiger partial charge in [-0.15, -0.1) is 0 Å². The van der Waals surface area contributed by atoms with E-state index in [-0.39, 0.29) is 18.6 Å². The number of rotatable bonds is 7. The molecule has 0 bridgehead atoms. The van der Waals surface area contributed by atoms with Crippen LogP contribution in [0.5, 0.6) is 5.75 Å². The molecule has 1 N–H and O–H groups in total. The Morgan fingerprint density at radius 3 is 2.63 bits per heavy atom. The molecule has 2 aromatic rings. The Morgan fingerprint density at radius 1 is 1.07 bits per heavy atom. The maximum atomic E-state index is 13.0. The molecule has 2 saturated heterocycles. The van der Waals surface area contributed by atoms with Gasteiger partial charge in [0.05, 0.1) is 26.4 Å². The number of imide groups is 1. The predicted octanol–water partition coefficient (Wildman–Crippen LogP) is 3.18. The van der Waals surface area contributed by atoms with Crippen LogP contribution in [0.15, 0.2) is 48.5 Å². The summed E-state index contributed by atoms with van der Waals surface area (Å²) in [6.45, 7) is 2.19. The summed E-state index contributed by atoms with van der Waals surface area (Å²) in [5.74, 6) is 0.290. The van der Waals surface area contributed by atoms with Crippen molar-refractivity contribution in [1.82, 2.24) is 10.2 Å². The first kappa shape index (κ1) is 20.4. The number of urea groups is 1. The zero-order valence-electron chi connectivity index (χ0n) is 17.0. The molecule has 0 radical (unpaired) electrons. The van der Waals surface area contributed by atoms with E-state index in [9.17, 15) is 9.59 Å². The zero-order chi connectivity index (χ0) is 20.9. The largest absolute Gasteiger partial charge is 0.496 e. The van der Waals surface area contributed by atoms with E-state index in [0.29, 0.717) is 17.9 Å². The second-order valence-electron chi connectivity index (χ2n) is 7.49. The second kappa shape index (κ2) is 9.28. The lowest BCUT2D eigenvalue weighted by Crippen LogP contribution is -2.30. The maximum Gasteiger partial charge on any atom is 0.325 e. The first-order valence-corrected chi connectivity index (χ1v) is 10.2. The van der Waals surface area contributed by atoms with Crippen molar-refractivity contribution in [3.63, 3.8) is 0 Å². The summed E-state index contributed by atoms with van der Waals surface area (Å²) in [7, 11) is 1.55. The summed E-state index contributed by atoms with van der Waals surface area (Å²) in [5, 5.41) is 2.77. The smallest absolute Gasteiger partial charge is 0.325 e. The van der Waals surface area contributed by atoms with Crippen molar-refractivity contribution in [2.24, 2.45) is 0 Å². The van der Waals surface area contributed by atoms with Gasteiger partial charge < -0.3 is 19.5 Å². The third kappa shape index (κ3) is 4.47. The molecule has 0 saturated carbocycles. The third-order valence-corrected chi connectivity index (χ3v) is 5.46.